The van der Waals surface area contributed by atoms with Crippen LogP contribution in [0.1, 0.15) is 18.4 Å². The van der Waals surface area contributed by atoms with Gasteiger partial charge in [0.05, 0.1) is 16.0 Å². The van der Waals surface area contributed by atoms with Crippen molar-refractivity contribution >= 4 is 15.9 Å². The van der Waals surface area contributed by atoms with Gasteiger partial charge in [0, 0.05) is 5.56 Å². The molecule has 0 spiro atoms. The lowest BCUT2D eigenvalue weighted by atomic mass is 9.97. The molecule has 72 valence electrons. The molecule has 0 amide bonds. The molecule has 1 aromatic rings. The zero-order valence-electron chi connectivity index (χ0n) is 7.22. The SMILES string of the molecule is N#CC1(c2cc(F)cc(Br)c2O)CC1. The Bertz CT molecular complexity index is 434. The molecule has 1 saturated carbocycles. The molecule has 1 fully saturated rings. The topological polar surface area (TPSA) is 44.0 Å². The van der Waals surface area contributed by atoms with E-state index < -0.39 is 11.2 Å². The maximum atomic E-state index is 13.1. The summed E-state index contributed by atoms with van der Waals surface area (Å²) in [5.74, 6) is -0.461. The van der Waals surface area contributed by atoms with Crippen LogP contribution in [0.25, 0.3) is 0 Å². The van der Waals surface area contributed by atoms with Gasteiger partial charge in [-0.1, -0.05) is 0 Å². The smallest absolute Gasteiger partial charge is 0.134 e. The first-order valence-electron chi connectivity index (χ1n) is 4.19. The minimum Gasteiger partial charge on any atom is -0.506 e. The van der Waals surface area contributed by atoms with E-state index in [0.717, 1.165) is 0 Å². The van der Waals surface area contributed by atoms with E-state index in [1.807, 2.05) is 0 Å². The molecule has 0 radical (unpaired) electrons. The average Bonchev–Trinajstić information content (AvgIpc) is 2.92. The summed E-state index contributed by atoms with van der Waals surface area (Å²) in [6.45, 7) is 0. The van der Waals surface area contributed by atoms with Gasteiger partial charge in [-0.05, 0) is 40.9 Å². The largest absolute Gasteiger partial charge is 0.506 e. The van der Waals surface area contributed by atoms with E-state index in [1.165, 1.54) is 12.1 Å². The van der Waals surface area contributed by atoms with Crippen LogP contribution in [0.5, 0.6) is 5.75 Å². The van der Waals surface area contributed by atoms with Gasteiger partial charge < -0.3 is 5.11 Å². The van der Waals surface area contributed by atoms with E-state index in [4.69, 9.17) is 5.26 Å². The number of phenolic OH excluding ortho intramolecular Hbond substituents is 1. The van der Waals surface area contributed by atoms with E-state index in [9.17, 15) is 9.50 Å². The van der Waals surface area contributed by atoms with E-state index in [2.05, 4.69) is 22.0 Å². The zero-order chi connectivity index (χ0) is 10.3. The summed E-state index contributed by atoms with van der Waals surface area (Å²) in [5, 5.41) is 18.6. The van der Waals surface area contributed by atoms with Crippen LogP contribution < -0.4 is 0 Å². The number of nitrogens with zero attached hydrogens (tertiary/aromatic N) is 1. The van der Waals surface area contributed by atoms with Crippen molar-refractivity contribution in [2.75, 3.05) is 0 Å². The number of benzene rings is 1. The molecule has 2 nitrogen and oxygen atoms in total. The van der Waals surface area contributed by atoms with Crippen LogP contribution in [0.2, 0.25) is 0 Å². The number of hydrogen-bond donors (Lipinski definition) is 1. The van der Waals surface area contributed by atoms with E-state index in [-0.39, 0.29) is 5.75 Å². The quantitative estimate of drug-likeness (QED) is 0.839. The number of halogens is 2. The lowest BCUT2D eigenvalue weighted by Crippen LogP contribution is -2.03. The third-order valence-electron chi connectivity index (χ3n) is 2.51. The first kappa shape index (κ1) is 9.47. The summed E-state index contributed by atoms with van der Waals surface area (Å²) in [6.07, 6.45) is 1.37. The summed E-state index contributed by atoms with van der Waals surface area (Å²) >= 11 is 3.05. The van der Waals surface area contributed by atoms with Crippen molar-refractivity contribution in [2.45, 2.75) is 18.3 Å². The lowest BCUT2D eigenvalue weighted by molar-refractivity contribution is 0.458. The van der Waals surface area contributed by atoms with Crippen molar-refractivity contribution in [3.05, 3.63) is 28.0 Å². The third-order valence-corrected chi connectivity index (χ3v) is 3.11. The van der Waals surface area contributed by atoms with Crippen LogP contribution in [-0.2, 0) is 5.41 Å². The fourth-order valence-electron chi connectivity index (χ4n) is 1.50. The molecule has 1 aliphatic rings. The first-order chi connectivity index (χ1) is 6.59. The Kier molecular flexibility index (Phi) is 2.00. The van der Waals surface area contributed by atoms with Gasteiger partial charge in [0.1, 0.15) is 11.6 Å². The fourth-order valence-corrected chi connectivity index (χ4v) is 1.93. The van der Waals surface area contributed by atoms with Gasteiger partial charge >= 0.3 is 0 Å². The Morgan fingerprint density at radius 2 is 2.14 bits per heavy atom. The average molecular weight is 256 g/mol. The molecule has 14 heavy (non-hydrogen) atoms. The molecule has 0 bridgehead atoms. The normalized spacial score (nSPS) is 17.5. The van der Waals surface area contributed by atoms with Crippen LogP contribution in [0.15, 0.2) is 16.6 Å². The van der Waals surface area contributed by atoms with Crippen LogP contribution in [0, 0.1) is 17.1 Å². The van der Waals surface area contributed by atoms with Gasteiger partial charge in [0.2, 0.25) is 0 Å². The Morgan fingerprint density at radius 1 is 1.50 bits per heavy atom. The molecular weight excluding hydrogens is 249 g/mol. The number of rotatable bonds is 1. The van der Waals surface area contributed by atoms with Crippen LogP contribution in [-0.4, -0.2) is 5.11 Å². The second-order valence-corrected chi connectivity index (χ2v) is 4.33. The molecule has 1 aliphatic carbocycles. The highest BCUT2D eigenvalue weighted by molar-refractivity contribution is 9.10. The van der Waals surface area contributed by atoms with Gasteiger partial charge in [0.25, 0.3) is 0 Å². The molecular formula is C10H7BrFNO. The predicted octanol–water partition coefficient (Wildman–Crippen LogP) is 2.85. The van der Waals surface area contributed by atoms with Gasteiger partial charge in [0.15, 0.2) is 0 Å². The summed E-state index contributed by atoms with van der Waals surface area (Å²) in [7, 11) is 0. The van der Waals surface area contributed by atoms with Crippen LogP contribution in [0.3, 0.4) is 0 Å². The standard InChI is InChI=1S/C10H7BrFNO/c11-8-4-6(12)3-7(9(8)14)10(5-13)1-2-10/h3-4,14H,1-2H2. The molecule has 0 atom stereocenters. The predicted molar refractivity (Wildman–Crippen MR) is 52.3 cm³/mol. The Balaban J connectivity index is 2.59. The number of nitriles is 1. The second kappa shape index (κ2) is 2.96. The molecule has 0 saturated heterocycles. The van der Waals surface area contributed by atoms with Gasteiger partial charge in [-0.25, -0.2) is 4.39 Å². The van der Waals surface area contributed by atoms with Crippen molar-refractivity contribution in [3.8, 4) is 11.8 Å². The number of phenols is 1. The molecule has 0 unspecified atom stereocenters. The fraction of sp³-hybridized carbons (Fsp3) is 0.300. The molecule has 1 aromatic carbocycles. The van der Waals surface area contributed by atoms with E-state index in [1.54, 1.807) is 0 Å². The minimum atomic E-state index is -0.658. The number of hydrogen-bond acceptors (Lipinski definition) is 2. The molecule has 4 heteroatoms. The summed E-state index contributed by atoms with van der Waals surface area (Å²) < 4.78 is 13.4. The molecule has 0 aliphatic heterocycles. The highest BCUT2D eigenvalue weighted by Crippen LogP contribution is 2.52. The third kappa shape index (κ3) is 1.28. The van der Waals surface area contributed by atoms with E-state index >= 15 is 0 Å². The molecule has 2 rings (SSSR count). The highest BCUT2D eigenvalue weighted by Gasteiger charge is 2.47. The summed E-state index contributed by atoms with van der Waals surface area (Å²) in [5.41, 5.74) is -0.263. The van der Waals surface area contributed by atoms with Gasteiger partial charge in [-0.2, -0.15) is 5.26 Å². The first-order valence-corrected chi connectivity index (χ1v) is 4.98. The van der Waals surface area contributed by atoms with Crippen LogP contribution in [0.4, 0.5) is 4.39 Å². The van der Waals surface area contributed by atoms with Crippen molar-refractivity contribution in [2.24, 2.45) is 0 Å². The Hall–Kier alpha value is -1.08. The molecule has 1 N–H and O–H groups in total. The second-order valence-electron chi connectivity index (χ2n) is 3.48. The number of aromatic hydroxyl groups is 1. The van der Waals surface area contributed by atoms with Gasteiger partial charge in [-0.15, -0.1) is 0 Å². The summed E-state index contributed by atoms with van der Waals surface area (Å²) in [6, 6.07) is 4.54. The van der Waals surface area contributed by atoms with Crippen molar-refractivity contribution in [3.63, 3.8) is 0 Å². The monoisotopic (exact) mass is 255 g/mol. The van der Waals surface area contributed by atoms with Crippen molar-refractivity contribution in [1.82, 2.24) is 0 Å². The van der Waals surface area contributed by atoms with E-state index in [0.29, 0.717) is 22.9 Å². The zero-order valence-corrected chi connectivity index (χ0v) is 8.81. The van der Waals surface area contributed by atoms with Crippen LogP contribution >= 0.6 is 15.9 Å². The maximum Gasteiger partial charge on any atom is 0.134 e. The Labute approximate surface area is 89.1 Å². The molecule has 0 aromatic heterocycles. The maximum absolute atomic E-state index is 13.1. The minimum absolute atomic E-state index is 0.0227. The van der Waals surface area contributed by atoms with Crippen molar-refractivity contribution < 1.29 is 9.50 Å². The van der Waals surface area contributed by atoms with Gasteiger partial charge in [-0.3, -0.25) is 0 Å². The summed E-state index contributed by atoms with van der Waals surface area (Å²) in [4.78, 5) is 0. The Morgan fingerprint density at radius 3 is 2.64 bits per heavy atom. The van der Waals surface area contributed by atoms with Crippen molar-refractivity contribution in [1.29, 1.82) is 5.26 Å². The molecule has 0 heterocycles. The highest BCUT2D eigenvalue weighted by atomic mass is 79.9. The lowest BCUT2D eigenvalue weighted by Gasteiger charge is -2.10.